The Balaban J connectivity index is 2.15. The number of nitrogens with one attached hydrogen (secondary N) is 1. The minimum absolute atomic E-state index is 0.0861. The molecule has 1 N–H and O–H groups in total. The first kappa shape index (κ1) is 15.0. The van der Waals surface area contributed by atoms with Crippen LogP contribution in [-0.4, -0.2) is 32.7 Å². The summed E-state index contributed by atoms with van der Waals surface area (Å²) in [7, 11) is 0. The van der Waals surface area contributed by atoms with Crippen LogP contribution in [0.4, 0.5) is 10.1 Å². The molecule has 2 rings (SSSR count). The molecular formula is C12H12BrFN4OS. The van der Waals surface area contributed by atoms with Crippen LogP contribution in [0.3, 0.4) is 0 Å². The van der Waals surface area contributed by atoms with Crippen molar-refractivity contribution in [3.05, 3.63) is 35.1 Å². The zero-order valence-corrected chi connectivity index (χ0v) is 13.0. The van der Waals surface area contributed by atoms with Crippen molar-refractivity contribution in [1.29, 1.82) is 0 Å². The number of aromatic nitrogens is 3. The monoisotopic (exact) mass is 358 g/mol. The van der Waals surface area contributed by atoms with Crippen LogP contribution < -0.4 is 5.32 Å². The normalized spacial score (nSPS) is 10.6. The van der Waals surface area contributed by atoms with E-state index in [1.165, 1.54) is 16.9 Å². The van der Waals surface area contributed by atoms with Gasteiger partial charge in [0, 0.05) is 18.2 Å². The predicted molar refractivity (Wildman–Crippen MR) is 80.6 cm³/mol. The molecule has 0 aliphatic rings. The van der Waals surface area contributed by atoms with E-state index in [0.717, 1.165) is 11.9 Å². The minimum Gasteiger partial charge on any atom is -0.322 e. The molecule has 0 spiro atoms. The second kappa shape index (κ2) is 6.85. The van der Waals surface area contributed by atoms with E-state index in [2.05, 4.69) is 31.3 Å². The Kier molecular flexibility index (Phi) is 5.13. The van der Waals surface area contributed by atoms with Gasteiger partial charge in [-0.2, -0.15) is 16.9 Å². The highest BCUT2D eigenvalue weighted by Crippen LogP contribution is 2.22. The molecule has 0 radical (unpaired) electrons. The van der Waals surface area contributed by atoms with Crippen LogP contribution in [-0.2, 0) is 4.79 Å². The highest BCUT2D eigenvalue weighted by atomic mass is 79.9. The standard InChI is InChI=1S/C12H12BrFN4OS/c1-20-3-2-11(19)16-10-7-18(17-12(10)13)9-4-8(14)5-15-6-9/h4-7H,2-3H2,1H3,(H,16,19). The molecule has 106 valence electrons. The summed E-state index contributed by atoms with van der Waals surface area (Å²) >= 11 is 4.87. The molecule has 0 aliphatic heterocycles. The zero-order chi connectivity index (χ0) is 14.5. The van der Waals surface area contributed by atoms with Gasteiger partial charge in [0.05, 0.1) is 30.0 Å². The van der Waals surface area contributed by atoms with Gasteiger partial charge in [-0.1, -0.05) is 0 Å². The van der Waals surface area contributed by atoms with Crippen molar-refractivity contribution in [2.24, 2.45) is 0 Å². The molecule has 5 nitrogen and oxygen atoms in total. The van der Waals surface area contributed by atoms with Gasteiger partial charge in [-0.15, -0.1) is 0 Å². The van der Waals surface area contributed by atoms with E-state index in [-0.39, 0.29) is 5.91 Å². The van der Waals surface area contributed by atoms with Crippen molar-refractivity contribution in [2.45, 2.75) is 6.42 Å². The summed E-state index contributed by atoms with van der Waals surface area (Å²) in [5.41, 5.74) is 1.02. The van der Waals surface area contributed by atoms with E-state index in [0.29, 0.717) is 22.4 Å². The lowest BCUT2D eigenvalue weighted by molar-refractivity contribution is -0.115. The van der Waals surface area contributed by atoms with Gasteiger partial charge in [-0.05, 0) is 22.2 Å². The Hall–Kier alpha value is -1.41. The summed E-state index contributed by atoms with van der Waals surface area (Å²) in [6, 6.07) is 1.31. The van der Waals surface area contributed by atoms with E-state index < -0.39 is 5.82 Å². The number of anilines is 1. The maximum absolute atomic E-state index is 13.1. The number of carbonyl (C=O) groups excluding carboxylic acids is 1. The largest absolute Gasteiger partial charge is 0.322 e. The van der Waals surface area contributed by atoms with E-state index in [4.69, 9.17) is 0 Å². The van der Waals surface area contributed by atoms with Crippen LogP contribution in [0.2, 0.25) is 0 Å². The van der Waals surface area contributed by atoms with E-state index in [9.17, 15) is 9.18 Å². The average Bonchev–Trinajstić information content (AvgIpc) is 2.78. The lowest BCUT2D eigenvalue weighted by Gasteiger charge is -2.01. The van der Waals surface area contributed by atoms with E-state index >= 15 is 0 Å². The molecule has 1 amide bonds. The smallest absolute Gasteiger partial charge is 0.225 e. The number of rotatable bonds is 5. The second-order valence-corrected chi connectivity index (χ2v) is 5.67. The summed E-state index contributed by atoms with van der Waals surface area (Å²) in [5.74, 6) is 0.224. The van der Waals surface area contributed by atoms with Crippen LogP contribution in [0.1, 0.15) is 6.42 Å². The fourth-order valence-electron chi connectivity index (χ4n) is 1.50. The number of halogens is 2. The Morgan fingerprint density at radius 2 is 2.35 bits per heavy atom. The second-order valence-electron chi connectivity index (χ2n) is 3.93. The molecule has 2 aromatic heterocycles. The fraction of sp³-hybridized carbons (Fsp3) is 0.250. The van der Waals surface area contributed by atoms with Gasteiger partial charge in [0.15, 0.2) is 4.60 Å². The summed E-state index contributed by atoms with van der Waals surface area (Å²) in [6.07, 6.45) is 6.59. The van der Waals surface area contributed by atoms with Gasteiger partial charge in [0.25, 0.3) is 0 Å². The number of amides is 1. The van der Waals surface area contributed by atoms with Crippen molar-refractivity contribution in [2.75, 3.05) is 17.3 Å². The Morgan fingerprint density at radius 1 is 1.55 bits per heavy atom. The fourth-order valence-corrected chi connectivity index (χ4v) is 2.26. The quantitative estimate of drug-likeness (QED) is 0.892. The van der Waals surface area contributed by atoms with Crippen molar-refractivity contribution in [3.8, 4) is 5.69 Å². The lowest BCUT2D eigenvalue weighted by atomic mass is 10.4. The van der Waals surface area contributed by atoms with Crippen LogP contribution >= 0.6 is 27.7 Å². The Morgan fingerprint density at radius 3 is 3.05 bits per heavy atom. The molecule has 0 bridgehead atoms. The number of nitrogens with zero attached hydrogens (tertiary/aromatic N) is 3. The summed E-state index contributed by atoms with van der Waals surface area (Å²) in [4.78, 5) is 15.4. The first-order valence-electron chi connectivity index (χ1n) is 5.75. The molecule has 0 atom stereocenters. The number of hydrogen-bond donors (Lipinski definition) is 1. The third kappa shape index (κ3) is 3.80. The molecule has 2 aromatic rings. The van der Waals surface area contributed by atoms with Gasteiger partial charge in [0.1, 0.15) is 5.82 Å². The molecule has 20 heavy (non-hydrogen) atoms. The van der Waals surface area contributed by atoms with Gasteiger partial charge >= 0.3 is 0 Å². The van der Waals surface area contributed by atoms with E-state index in [1.807, 2.05) is 6.26 Å². The topological polar surface area (TPSA) is 59.8 Å². The molecule has 2 heterocycles. The molecule has 0 aliphatic carbocycles. The highest BCUT2D eigenvalue weighted by molar-refractivity contribution is 9.10. The average molecular weight is 359 g/mol. The molecule has 0 aromatic carbocycles. The Labute approximate surface area is 128 Å². The molecule has 0 saturated heterocycles. The van der Waals surface area contributed by atoms with Crippen LogP contribution in [0, 0.1) is 5.82 Å². The lowest BCUT2D eigenvalue weighted by Crippen LogP contribution is -2.11. The van der Waals surface area contributed by atoms with Crippen LogP contribution in [0.25, 0.3) is 5.69 Å². The van der Waals surface area contributed by atoms with Crippen LogP contribution in [0.5, 0.6) is 0 Å². The molecule has 0 fully saturated rings. The maximum atomic E-state index is 13.1. The van der Waals surface area contributed by atoms with Crippen LogP contribution in [0.15, 0.2) is 29.3 Å². The van der Waals surface area contributed by atoms with Crippen molar-refractivity contribution < 1.29 is 9.18 Å². The minimum atomic E-state index is -0.445. The first-order valence-corrected chi connectivity index (χ1v) is 7.93. The summed E-state index contributed by atoms with van der Waals surface area (Å²) < 4.78 is 15.1. The summed E-state index contributed by atoms with van der Waals surface area (Å²) in [5, 5.41) is 6.92. The number of pyridine rings is 1. The van der Waals surface area contributed by atoms with Gasteiger partial charge in [-0.3, -0.25) is 9.78 Å². The zero-order valence-electron chi connectivity index (χ0n) is 10.6. The Bertz CT molecular complexity index is 619. The van der Waals surface area contributed by atoms with Gasteiger partial charge in [0.2, 0.25) is 5.91 Å². The van der Waals surface area contributed by atoms with Gasteiger partial charge < -0.3 is 5.32 Å². The van der Waals surface area contributed by atoms with E-state index in [1.54, 1.807) is 18.0 Å². The number of thioether (sulfide) groups is 1. The van der Waals surface area contributed by atoms with Crippen molar-refractivity contribution >= 4 is 39.3 Å². The number of hydrogen-bond acceptors (Lipinski definition) is 4. The third-order valence-corrected chi connectivity index (χ3v) is 3.63. The predicted octanol–water partition coefficient (Wildman–Crippen LogP) is 2.86. The SMILES string of the molecule is CSCCC(=O)Nc1cn(-c2cncc(F)c2)nc1Br. The van der Waals surface area contributed by atoms with Crippen molar-refractivity contribution in [1.82, 2.24) is 14.8 Å². The summed E-state index contributed by atoms with van der Waals surface area (Å²) in [6.45, 7) is 0. The highest BCUT2D eigenvalue weighted by Gasteiger charge is 2.11. The van der Waals surface area contributed by atoms with Gasteiger partial charge in [-0.25, -0.2) is 9.07 Å². The molecule has 0 saturated carbocycles. The maximum Gasteiger partial charge on any atom is 0.225 e. The molecule has 0 unspecified atom stereocenters. The third-order valence-electron chi connectivity index (χ3n) is 2.43. The molecular weight excluding hydrogens is 347 g/mol. The first-order chi connectivity index (χ1) is 9.60. The number of carbonyl (C=O) groups is 1. The molecule has 8 heteroatoms. The van der Waals surface area contributed by atoms with Crippen molar-refractivity contribution in [3.63, 3.8) is 0 Å².